The highest BCUT2D eigenvalue weighted by molar-refractivity contribution is 6.01. The van der Waals surface area contributed by atoms with Gasteiger partial charge in [-0.2, -0.15) is 0 Å². The van der Waals surface area contributed by atoms with Crippen LogP contribution in [0.1, 0.15) is 57.4 Å². The summed E-state index contributed by atoms with van der Waals surface area (Å²) in [5, 5.41) is 3.25. The van der Waals surface area contributed by atoms with Crippen LogP contribution < -0.4 is 16.6 Å². The number of aromatic nitrogens is 3. The number of fused-ring (bicyclic) bond motifs is 1. The summed E-state index contributed by atoms with van der Waals surface area (Å²) < 4.78 is 2.40. The maximum Gasteiger partial charge on any atom is 0.332 e. The van der Waals surface area contributed by atoms with Crippen LogP contribution in [0.25, 0.3) is 11.0 Å². The summed E-state index contributed by atoms with van der Waals surface area (Å²) >= 11 is 0. The number of hydrogen-bond donors (Lipinski definition) is 1. The quantitative estimate of drug-likeness (QED) is 0.874. The minimum Gasteiger partial charge on any atom is -0.325 e. The molecule has 0 atom stereocenters. The van der Waals surface area contributed by atoms with Gasteiger partial charge in [0.05, 0.1) is 5.69 Å². The highest BCUT2D eigenvalue weighted by Gasteiger charge is 2.19. The van der Waals surface area contributed by atoms with Crippen LogP contribution in [0.4, 0.5) is 5.69 Å². The molecule has 1 aliphatic carbocycles. The van der Waals surface area contributed by atoms with Crippen molar-refractivity contribution in [3.8, 4) is 0 Å². The number of rotatable bonds is 5. The fourth-order valence-corrected chi connectivity index (χ4v) is 3.99. The lowest BCUT2D eigenvalue weighted by atomic mass is 9.86. The van der Waals surface area contributed by atoms with E-state index in [4.69, 9.17) is 0 Å². The molecule has 7 heteroatoms. The molecule has 1 saturated carbocycles. The second kappa shape index (κ2) is 8.06. The van der Waals surface area contributed by atoms with E-state index in [-0.39, 0.29) is 5.91 Å². The molecule has 27 heavy (non-hydrogen) atoms. The first kappa shape index (κ1) is 19.3. The fraction of sp³-hybridized carbons (Fsp3) is 0.600. The third-order valence-corrected chi connectivity index (χ3v) is 5.70. The molecular weight excluding hydrogens is 344 g/mol. The third kappa shape index (κ3) is 3.82. The minimum absolute atomic E-state index is 0.0846. The van der Waals surface area contributed by atoms with Gasteiger partial charge in [0.15, 0.2) is 5.65 Å². The van der Waals surface area contributed by atoms with Crippen LogP contribution in [-0.4, -0.2) is 20.0 Å². The van der Waals surface area contributed by atoms with E-state index in [2.05, 4.69) is 10.3 Å². The van der Waals surface area contributed by atoms with Crippen molar-refractivity contribution in [2.24, 2.45) is 20.0 Å². The zero-order valence-corrected chi connectivity index (χ0v) is 16.4. The number of anilines is 1. The Kier molecular flexibility index (Phi) is 5.77. The first-order valence-corrected chi connectivity index (χ1v) is 9.81. The molecule has 0 spiro atoms. The Morgan fingerprint density at radius 3 is 2.56 bits per heavy atom. The molecule has 0 aromatic carbocycles. The van der Waals surface area contributed by atoms with Crippen molar-refractivity contribution >= 4 is 22.6 Å². The lowest BCUT2D eigenvalue weighted by molar-refractivity contribution is -0.116. The van der Waals surface area contributed by atoms with Crippen LogP contribution in [-0.2, 0) is 25.3 Å². The van der Waals surface area contributed by atoms with Crippen LogP contribution in [0.2, 0.25) is 0 Å². The molecule has 2 aromatic heterocycles. The van der Waals surface area contributed by atoms with Crippen molar-refractivity contribution in [3.63, 3.8) is 0 Å². The standard InChI is InChI=1S/C20H28N4O3/c1-4-14-12-21-18-16(19(26)24(3)20(27)23(18)2)17(14)22-15(25)11-10-13-8-6-5-7-9-13/h12-13H,4-11H2,1-3H3,(H,21,22,25). The second-order valence-corrected chi connectivity index (χ2v) is 7.51. The summed E-state index contributed by atoms with van der Waals surface area (Å²) in [5.41, 5.74) is 0.719. The number of nitrogens with one attached hydrogen (secondary N) is 1. The van der Waals surface area contributed by atoms with E-state index in [1.807, 2.05) is 6.92 Å². The summed E-state index contributed by atoms with van der Waals surface area (Å²) in [7, 11) is 3.02. The molecule has 0 aliphatic heterocycles. The summed E-state index contributed by atoms with van der Waals surface area (Å²) in [5.74, 6) is 0.539. The monoisotopic (exact) mass is 372 g/mol. The molecule has 0 radical (unpaired) electrons. The summed E-state index contributed by atoms with van der Waals surface area (Å²) in [4.78, 5) is 41.8. The van der Waals surface area contributed by atoms with Crippen LogP contribution in [0.15, 0.2) is 15.8 Å². The zero-order valence-electron chi connectivity index (χ0n) is 16.4. The third-order valence-electron chi connectivity index (χ3n) is 5.70. The number of aryl methyl sites for hydroxylation is 2. The average molecular weight is 372 g/mol. The number of hydrogen-bond acceptors (Lipinski definition) is 4. The van der Waals surface area contributed by atoms with Gasteiger partial charge in [-0.1, -0.05) is 39.0 Å². The molecular formula is C20H28N4O3. The lowest BCUT2D eigenvalue weighted by Gasteiger charge is -2.21. The van der Waals surface area contributed by atoms with Gasteiger partial charge in [-0.3, -0.25) is 18.7 Å². The largest absolute Gasteiger partial charge is 0.332 e. The van der Waals surface area contributed by atoms with Crippen molar-refractivity contribution < 1.29 is 4.79 Å². The Morgan fingerprint density at radius 2 is 1.89 bits per heavy atom. The molecule has 3 rings (SSSR count). The van der Waals surface area contributed by atoms with E-state index < -0.39 is 11.2 Å². The van der Waals surface area contributed by atoms with Crippen molar-refractivity contribution in [1.82, 2.24) is 14.1 Å². The van der Waals surface area contributed by atoms with Gasteiger partial charge in [0, 0.05) is 26.7 Å². The molecule has 0 unspecified atom stereocenters. The van der Waals surface area contributed by atoms with Crippen molar-refractivity contribution in [3.05, 3.63) is 32.6 Å². The van der Waals surface area contributed by atoms with Gasteiger partial charge in [0.2, 0.25) is 5.91 Å². The zero-order chi connectivity index (χ0) is 19.6. The van der Waals surface area contributed by atoms with E-state index >= 15 is 0 Å². The predicted octanol–water partition coefficient (Wildman–Crippen LogP) is 2.49. The van der Waals surface area contributed by atoms with Crippen LogP contribution in [0.5, 0.6) is 0 Å². The smallest absolute Gasteiger partial charge is 0.325 e. The predicted molar refractivity (Wildman–Crippen MR) is 106 cm³/mol. The number of carbonyl (C=O) groups excluding carboxylic acids is 1. The number of carbonyl (C=O) groups is 1. The fourth-order valence-electron chi connectivity index (χ4n) is 3.99. The van der Waals surface area contributed by atoms with Crippen molar-refractivity contribution in [2.45, 2.75) is 58.3 Å². The van der Waals surface area contributed by atoms with Crippen LogP contribution in [0.3, 0.4) is 0 Å². The molecule has 0 saturated heterocycles. The molecule has 2 heterocycles. The molecule has 0 bridgehead atoms. The Hall–Kier alpha value is -2.44. The average Bonchev–Trinajstić information content (AvgIpc) is 2.69. The number of amides is 1. The molecule has 2 aromatic rings. The van der Waals surface area contributed by atoms with Gasteiger partial charge in [0.1, 0.15) is 5.39 Å². The molecule has 146 valence electrons. The van der Waals surface area contributed by atoms with Gasteiger partial charge in [-0.05, 0) is 24.3 Å². The molecule has 1 aliphatic rings. The normalized spacial score (nSPS) is 15.2. The van der Waals surface area contributed by atoms with Gasteiger partial charge in [0.25, 0.3) is 5.56 Å². The number of pyridine rings is 1. The minimum atomic E-state index is -0.432. The molecule has 1 N–H and O–H groups in total. The maximum absolute atomic E-state index is 12.7. The van der Waals surface area contributed by atoms with E-state index in [0.29, 0.717) is 35.5 Å². The molecule has 1 amide bonds. The Morgan fingerprint density at radius 1 is 1.19 bits per heavy atom. The van der Waals surface area contributed by atoms with Crippen molar-refractivity contribution in [2.75, 3.05) is 5.32 Å². The topological polar surface area (TPSA) is 86.0 Å². The Bertz CT molecular complexity index is 968. The summed E-state index contributed by atoms with van der Waals surface area (Å²) in [6.07, 6.45) is 9.81. The van der Waals surface area contributed by atoms with E-state index in [1.54, 1.807) is 13.2 Å². The Balaban J connectivity index is 1.93. The summed E-state index contributed by atoms with van der Waals surface area (Å²) in [6.45, 7) is 1.95. The van der Waals surface area contributed by atoms with Crippen molar-refractivity contribution in [1.29, 1.82) is 0 Å². The summed E-state index contributed by atoms with van der Waals surface area (Å²) in [6, 6.07) is 0. The van der Waals surface area contributed by atoms with E-state index in [0.717, 1.165) is 16.6 Å². The van der Waals surface area contributed by atoms with Gasteiger partial charge < -0.3 is 5.32 Å². The maximum atomic E-state index is 12.7. The van der Waals surface area contributed by atoms with Gasteiger partial charge in [-0.15, -0.1) is 0 Å². The van der Waals surface area contributed by atoms with Crippen LogP contribution >= 0.6 is 0 Å². The Labute approximate surface area is 158 Å². The number of nitrogens with zero attached hydrogens (tertiary/aromatic N) is 3. The highest BCUT2D eigenvalue weighted by Crippen LogP contribution is 2.28. The first-order chi connectivity index (χ1) is 12.9. The first-order valence-electron chi connectivity index (χ1n) is 9.81. The second-order valence-electron chi connectivity index (χ2n) is 7.51. The molecule has 7 nitrogen and oxygen atoms in total. The van der Waals surface area contributed by atoms with E-state index in [1.165, 1.54) is 43.7 Å². The highest BCUT2D eigenvalue weighted by atomic mass is 16.2. The molecule has 1 fully saturated rings. The van der Waals surface area contributed by atoms with Crippen LogP contribution in [0, 0.1) is 5.92 Å². The van der Waals surface area contributed by atoms with E-state index in [9.17, 15) is 14.4 Å². The van der Waals surface area contributed by atoms with Gasteiger partial charge >= 0.3 is 5.69 Å². The van der Waals surface area contributed by atoms with Gasteiger partial charge in [-0.25, -0.2) is 9.78 Å². The SMILES string of the molecule is CCc1cnc2c(c1NC(=O)CCC1CCCCC1)c(=O)n(C)c(=O)n2C. The lowest BCUT2D eigenvalue weighted by Crippen LogP contribution is -2.38.